The molecule has 0 aliphatic rings. The van der Waals surface area contributed by atoms with Gasteiger partial charge in [0.2, 0.25) is 5.95 Å². The van der Waals surface area contributed by atoms with Gasteiger partial charge in [-0.05, 0) is 56.2 Å². The zero-order chi connectivity index (χ0) is 21.9. The van der Waals surface area contributed by atoms with E-state index in [2.05, 4.69) is 20.6 Å². The zero-order valence-electron chi connectivity index (χ0n) is 17.0. The van der Waals surface area contributed by atoms with Crippen molar-refractivity contribution in [1.82, 2.24) is 9.97 Å². The molecular weight excluding hydrogens is 422 g/mol. The Bertz CT molecular complexity index is 1170. The lowest BCUT2D eigenvalue weighted by Gasteiger charge is -2.15. The fraction of sp³-hybridized carbons (Fsp3) is 0.238. The van der Waals surface area contributed by atoms with Gasteiger partial charge in [0.15, 0.2) is 15.7 Å². The van der Waals surface area contributed by atoms with E-state index in [4.69, 9.17) is 17.3 Å². The van der Waals surface area contributed by atoms with Gasteiger partial charge in [0.25, 0.3) is 0 Å². The summed E-state index contributed by atoms with van der Waals surface area (Å²) in [7, 11) is -3.48. The highest BCUT2D eigenvalue weighted by Gasteiger charge is 2.23. The van der Waals surface area contributed by atoms with E-state index in [0.29, 0.717) is 29.7 Å². The number of hydrogen-bond acceptors (Lipinski definition) is 7. The molecule has 30 heavy (non-hydrogen) atoms. The van der Waals surface area contributed by atoms with Crippen LogP contribution in [0.5, 0.6) is 0 Å². The van der Waals surface area contributed by atoms with E-state index in [1.54, 1.807) is 38.1 Å². The van der Waals surface area contributed by atoms with Crippen molar-refractivity contribution in [3.8, 4) is 0 Å². The Hall–Kier alpha value is -2.84. The number of para-hydroxylation sites is 1. The Morgan fingerprint density at radius 2 is 1.90 bits per heavy atom. The summed E-state index contributed by atoms with van der Waals surface area (Å²) in [5.41, 5.74) is 9.07. The lowest BCUT2D eigenvalue weighted by molar-refractivity contribution is 0.588. The highest BCUT2D eigenvalue weighted by atomic mass is 35.5. The monoisotopic (exact) mass is 445 g/mol. The fourth-order valence-electron chi connectivity index (χ4n) is 2.80. The van der Waals surface area contributed by atoms with Crippen LogP contribution in [0.2, 0.25) is 5.02 Å². The molecule has 2 aromatic carbocycles. The second-order valence-corrected chi connectivity index (χ2v) is 10.0. The van der Waals surface area contributed by atoms with Gasteiger partial charge in [-0.2, -0.15) is 4.98 Å². The average Bonchev–Trinajstić information content (AvgIpc) is 2.71. The number of anilines is 4. The summed E-state index contributed by atoms with van der Waals surface area (Å²) in [6, 6.07) is 12.4. The fourth-order valence-corrected chi connectivity index (χ4v) is 4.14. The van der Waals surface area contributed by atoms with E-state index in [1.165, 1.54) is 6.20 Å². The predicted octanol–water partition coefficient (Wildman–Crippen LogP) is 4.56. The maximum absolute atomic E-state index is 12.7. The van der Waals surface area contributed by atoms with Crippen molar-refractivity contribution in [3.05, 3.63) is 64.8 Å². The normalized spacial score (nSPS) is 11.5. The lowest BCUT2D eigenvalue weighted by Crippen LogP contribution is -2.15. The summed E-state index contributed by atoms with van der Waals surface area (Å²) in [5.74, 6) is 0.665. The number of nitrogen functional groups attached to an aromatic ring is 1. The van der Waals surface area contributed by atoms with Crippen LogP contribution >= 0.6 is 11.6 Å². The zero-order valence-corrected chi connectivity index (χ0v) is 18.6. The predicted molar refractivity (Wildman–Crippen MR) is 122 cm³/mol. The minimum absolute atomic E-state index is 0.194. The summed E-state index contributed by atoms with van der Waals surface area (Å²) in [5, 5.41) is 5.91. The van der Waals surface area contributed by atoms with Gasteiger partial charge in [-0.25, -0.2) is 13.4 Å². The molecule has 0 atom stereocenters. The number of aryl methyl sites for hydroxylation is 1. The Morgan fingerprint density at radius 3 is 2.63 bits per heavy atom. The molecule has 0 unspecified atom stereocenters. The summed E-state index contributed by atoms with van der Waals surface area (Å²) in [6.07, 6.45) is 1.46. The summed E-state index contributed by atoms with van der Waals surface area (Å²) in [6.45, 7) is 5.77. The van der Waals surface area contributed by atoms with Gasteiger partial charge in [0.05, 0.1) is 22.0 Å². The molecule has 0 spiro atoms. The minimum Gasteiger partial charge on any atom is -0.399 e. The van der Waals surface area contributed by atoms with Crippen LogP contribution in [0.15, 0.2) is 53.6 Å². The van der Waals surface area contributed by atoms with Crippen LogP contribution in [0, 0.1) is 6.92 Å². The van der Waals surface area contributed by atoms with Crippen molar-refractivity contribution < 1.29 is 8.42 Å². The Labute approximate surface area is 181 Å². The average molecular weight is 446 g/mol. The first-order valence-corrected chi connectivity index (χ1v) is 11.3. The summed E-state index contributed by atoms with van der Waals surface area (Å²) < 4.78 is 25.4. The van der Waals surface area contributed by atoms with Crippen molar-refractivity contribution in [1.29, 1.82) is 0 Å². The van der Waals surface area contributed by atoms with Crippen LogP contribution in [0.25, 0.3) is 0 Å². The molecule has 158 valence electrons. The van der Waals surface area contributed by atoms with Gasteiger partial charge < -0.3 is 16.4 Å². The van der Waals surface area contributed by atoms with E-state index >= 15 is 0 Å². The molecule has 0 radical (unpaired) electrons. The molecule has 0 fully saturated rings. The highest BCUT2D eigenvalue weighted by molar-refractivity contribution is 7.92. The number of rotatable bonds is 7. The van der Waals surface area contributed by atoms with Crippen LogP contribution < -0.4 is 16.4 Å². The molecule has 1 heterocycles. The van der Waals surface area contributed by atoms with E-state index in [1.807, 2.05) is 25.1 Å². The van der Waals surface area contributed by atoms with Gasteiger partial charge >= 0.3 is 0 Å². The van der Waals surface area contributed by atoms with Crippen molar-refractivity contribution in [2.75, 3.05) is 16.4 Å². The highest BCUT2D eigenvalue weighted by Crippen LogP contribution is 2.30. The van der Waals surface area contributed by atoms with Crippen LogP contribution in [0.3, 0.4) is 0 Å². The number of nitrogens with two attached hydrogens (primary N) is 1. The number of benzene rings is 2. The third-order valence-electron chi connectivity index (χ3n) is 4.62. The van der Waals surface area contributed by atoms with Gasteiger partial charge in [0, 0.05) is 12.2 Å². The third kappa shape index (κ3) is 4.83. The molecule has 3 rings (SSSR count). The van der Waals surface area contributed by atoms with Gasteiger partial charge in [-0.15, -0.1) is 0 Å². The summed E-state index contributed by atoms with van der Waals surface area (Å²) in [4.78, 5) is 8.81. The number of aromatic nitrogens is 2. The maximum Gasteiger partial charge on any atom is 0.224 e. The molecule has 0 aliphatic carbocycles. The molecule has 9 heteroatoms. The Morgan fingerprint density at radius 1 is 1.17 bits per heavy atom. The first-order chi connectivity index (χ1) is 14.2. The molecule has 0 aliphatic heterocycles. The SMILES string of the molecule is Cc1ccc(N)cc1CNc1ncc(Cl)c(Nc2ccccc2S(=O)(=O)C(C)C)n1. The molecule has 0 saturated carbocycles. The number of halogens is 1. The third-order valence-corrected chi connectivity index (χ3v) is 7.11. The first-order valence-electron chi connectivity index (χ1n) is 9.40. The molecule has 1 aromatic heterocycles. The van der Waals surface area contributed by atoms with Gasteiger partial charge in [0.1, 0.15) is 5.02 Å². The molecule has 3 aromatic rings. The smallest absolute Gasteiger partial charge is 0.224 e. The molecule has 4 N–H and O–H groups in total. The van der Waals surface area contributed by atoms with Gasteiger partial charge in [-0.1, -0.05) is 29.8 Å². The van der Waals surface area contributed by atoms with E-state index < -0.39 is 15.1 Å². The number of nitrogens with one attached hydrogen (secondary N) is 2. The van der Waals surface area contributed by atoms with Crippen LogP contribution in [0.4, 0.5) is 23.1 Å². The van der Waals surface area contributed by atoms with Crippen molar-refractivity contribution in [2.24, 2.45) is 0 Å². The van der Waals surface area contributed by atoms with Crippen LogP contribution in [0.1, 0.15) is 25.0 Å². The van der Waals surface area contributed by atoms with Crippen LogP contribution in [-0.4, -0.2) is 23.6 Å². The van der Waals surface area contributed by atoms with Crippen molar-refractivity contribution in [3.63, 3.8) is 0 Å². The Kier molecular flexibility index (Phi) is 6.48. The molecule has 0 bridgehead atoms. The topological polar surface area (TPSA) is 110 Å². The second-order valence-electron chi connectivity index (χ2n) is 7.14. The lowest BCUT2D eigenvalue weighted by atomic mass is 10.1. The van der Waals surface area contributed by atoms with Crippen molar-refractivity contribution in [2.45, 2.75) is 37.5 Å². The summed E-state index contributed by atoms with van der Waals surface area (Å²) >= 11 is 6.26. The largest absolute Gasteiger partial charge is 0.399 e. The van der Waals surface area contributed by atoms with Gasteiger partial charge in [-0.3, -0.25) is 0 Å². The molecule has 0 amide bonds. The second kappa shape index (κ2) is 8.89. The van der Waals surface area contributed by atoms with E-state index in [9.17, 15) is 8.42 Å². The number of nitrogens with zero attached hydrogens (tertiary/aromatic N) is 2. The quantitative estimate of drug-likeness (QED) is 0.457. The van der Waals surface area contributed by atoms with E-state index in [0.717, 1.165) is 11.1 Å². The number of sulfone groups is 1. The maximum atomic E-state index is 12.7. The minimum atomic E-state index is -3.48. The Balaban J connectivity index is 1.86. The number of hydrogen-bond donors (Lipinski definition) is 3. The first kappa shape index (κ1) is 21.9. The van der Waals surface area contributed by atoms with Crippen molar-refractivity contribution >= 4 is 44.6 Å². The molecule has 7 nitrogen and oxygen atoms in total. The van der Waals surface area contributed by atoms with E-state index in [-0.39, 0.29) is 9.92 Å². The van der Waals surface area contributed by atoms with Crippen LogP contribution in [-0.2, 0) is 16.4 Å². The molecule has 0 saturated heterocycles. The molecular formula is C21H24ClN5O2S. The standard InChI is InChI=1S/C21H24ClN5O2S/c1-13(2)30(28,29)19-7-5-4-6-18(19)26-20-17(22)12-25-21(27-20)24-11-15-10-16(23)9-8-14(15)3/h4-10,12-13H,11,23H2,1-3H3,(H2,24,25,26,27).